The summed E-state index contributed by atoms with van der Waals surface area (Å²) in [5.74, 6) is -1.38. The van der Waals surface area contributed by atoms with Crippen molar-refractivity contribution in [3.8, 4) is 0 Å². The van der Waals surface area contributed by atoms with Crippen molar-refractivity contribution in [3.63, 3.8) is 0 Å². The first-order chi connectivity index (χ1) is 17.8. The number of carbonyl (C=O) groups is 3. The molecule has 2 amide bonds. The number of rotatable bonds is 10. The molecule has 6 nitrogen and oxygen atoms in total. The lowest BCUT2D eigenvalue weighted by Gasteiger charge is -2.24. The molecular weight excluding hydrogens is 469 g/mol. The van der Waals surface area contributed by atoms with Gasteiger partial charge in [-0.3, -0.25) is 14.4 Å². The molecule has 1 unspecified atom stereocenters. The van der Waals surface area contributed by atoms with E-state index in [0.29, 0.717) is 23.2 Å². The lowest BCUT2D eigenvalue weighted by atomic mass is 9.96. The minimum Gasteiger partial charge on any atom is -0.351 e. The Bertz CT molecular complexity index is 1350. The van der Waals surface area contributed by atoms with Crippen LogP contribution in [-0.4, -0.2) is 34.7 Å². The Labute approximate surface area is 215 Å². The fourth-order valence-corrected chi connectivity index (χ4v) is 4.28. The van der Waals surface area contributed by atoms with Crippen molar-refractivity contribution >= 4 is 28.5 Å². The van der Waals surface area contributed by atoms with Crippen LogP contribution >= 0.6 is 0 Å². The zero-order valence-electron chi connectivity index (χ0n) is 20.8. The van der Waals surface area contributed by atoms with Crippen molar-refractivity contribution in [2.24, 2.45) is 5.92 Å². The van der Waals surface area contributed by atoms with Crippen molar-refractivity contribution in [2.45, 2.75) is 38.8 Å². The minimum absolute atomic E-state index is 0.110. The van der Waals surface area contributed by atoms with Crippen LogP contribution in [0.2, 0.25) is 0 Å². The van der Waals surface area contributed by atoms with E-state index in [-0.39, 0.29) is 23.9 Å². The molecule has 3 aromatic carbocycles. The molecular formula is C30H30FN3O3. The van der Waals surface area contributed by atoms with Crippen LogP contribution in [0.25, 0.3) is 10.9 Å². The molecule has 0 bridgehead atoms. The van der Waals surface area contributed by atoms with Crippen molar-refractivity contribution in [1.29, 1.82) is 0 Å². The van der Waals surface area contributed by atoms with Crippen LogP contribution in [0.4, 0.5) is 4.39 Å². The van der Waals surface area contributed by atoms with E-state index in [1.165, 1.54) is 12.1 Å². The smallest absolute Gasteiger partial charge is 0.268 e. The molecule has 0 fully saturated rings. The van der Waals surface area contributed by atoms with Gasteiger partial charge in [-0.2, -0.15) is 0 Å². The van der Waals surface area contributed by atoms with Crippen molar-refractivity contribution in [1.82, 2.24) is 15.6 Å². The molecule has 2 atom stereocenters. The van der Waals surface area contributed by atoms with Gasteiger partial charge in [0.2, 0.25) is 5.91 Å². The minimum atomic E-state index is -0.889. The van der Waals surface area contributed by atoms with Gasteiger partial charge in [0.15, 0.2) is 5.78 Å². The summed E-state index contributed by atoms with van der Waals surface area (Å²) >= 11 is 0. The van der Waals surface area contributed by atoms with E-state index in [9.17, 15) is 18.8 Å². The number of Topliss-reactive ketones (excluding diaryl/α,β-unsaturated/α-hetero) is 1. The summed E-state index contributed by atoms with van der Waals surface area (Å²) in [6.45, 7) is 3.92. The molecule has 1 heterocycles. The average molecular weight is 500 g/mol. The Balaban J connectivity index is 1.55. The first-order valence-corrected chi connectivity index (χ1v) is 12.3. The maximum absolute atomic E-state index is 13.5. The third kappa shape index (κ3) is 6.70. The number of aromatic amines is 1. The molecule has 0 spiro atoms. The summed E-state index contributed by atoms with van der Waals surface area (Å²) in [6.07, 6.45) is 0.574. The van der Waals surface area contributed by atoms with Crippen LogP contribution in [0.3, 0.4) is 0 Å². The zero-order chi connectivity index (χ0) is 26.4. The molecule has 4 aromatic rings. The standard InChI is InChI=1S/C30H30FN3O3/c1-19(2)16-26(34-30(37)27-18-22-10-6-7-11-24(22)32-27)29(36)33-25(17-20-12-14-23(31)15-13-20)28(35)21-8-4-3-5-9-21/h3-15,18-19,25-26,32H,16-17H2,1-2H3,(H,33,36)(H,34,37)/t25?,26-/m0/s1. The van der Waals surface area contributed by atoms with Gasteiger partial charge in [-0.15, -0.1) is 0 Å². The van der Waals surface area contributed by atoms with E-state index in [4.69, 9.17) is 0 Å². The Morgan fingerprint density at radius 2 is 1.51 bits per heavy atom. The number of amides is 2. The molecule has 0 saturated carbocycles. The quantitative estimate of drug-likeness (QED) is 0.266. The lowest BCUT2D eigenvalue weighted by Crippen LogP contribution is -2.52. The molecule has 0 aliphatic heterocycles. The van der Waals surface area contributed by atoms with E-state index < -0.39 is 23.9 Å². The number of hydrogen-bond acceptors (Lipinski definition) is 3. The molecule has 0 saturated heterocycles. The van der Waals surface area contributed by atoms with Gasteiger partial charge in [-0.1, -0.05) is 74.5 Å². The fourth-order valence-electron chi connectivity index (χ4n) is 4.28. The number of H-pyrrole nitrogens is 1. The molecule has 3 N–H and O–H groups in total. The maximum Gasteiger partial charge on any atom is 0.268 e. The monoisotopic (exact) mass is 499 g/mol. The lowest BCUT2D eigenvalue weighted by molar-refractivity contribution is -0.123. The summed E-state index contributed by atoms with van der Waals surface area (Å²) in [6, 6.07) is 22.1. The van der Waals surface area contributed by atoms with Crippen molar-refractivity contribution < 1.29 is 18.8 Å². The highest BCUT2D eigenvalue weighted by Gasteiger charge is 2.28. The SMILES string of the molecule is CC(C)C[C@H](NC(=O)c1cc2ccccc2[nH]1)C(=O)NC(Cc1ccc(F)cc1)C(=O)c1ccccc1. The number of benzene rings is 3. The highest BCUT2D eigenvalue weighted by atomic mass is 19.1. The Hall–Kier alpha value is -4.26. The van der Waals surface area contributed by atoms with Gasteiger partial charge >= 0.3 is 0 Å². The number of aromatic nitrogens is 1. The largest absolute Gasteiger partial charge is 0.351 e. The predicted octanol–water partition coefficient (Wildman–Crippen LogP) is 5.06. The highest BCUT2D eigenvalue weighted by Crippen LogP contribution is 2.16. The maximum atomic E-state index is 13.5. The first kappa shape index (κ1) is 25.8. The predicted molar refractivity (Wildman–Crippen MR) is 142 cm³/mol. The molecule has 7 heteroatoms. The van der Waals surface area contributed by atoms with Crippen LogP contribution < -0.4 is 10.6 Å². The number of para-hydroxylation sites is 1. The highest BCUT2D eigenvalue weighted by molar-refractivity contribution is 6.04. The molecule has 1 aromatic heterocycles. The summed E-state index contributed by atoms with van der Waals surface area (Å²) in [4.78, 5) is 43.0. The first-order valence-electron chi connectivity index (χ1n) is 12.3. The molecule has 37 heavy (non-hydrogen) atoms. The summed E-state index contributed by atoms with van der Waals surface area (Å²) < 4.78 is 13.4. The fraction of sp³-hybridized carbons (Fsp3) is 0.233. The number of nitrogens with one attached hydrogen (secondary N) is 3. The Morgan fingerprint density at radius 3 is 2.19 bits per heavy atom. The summed E-state index contributed by atoms with van der Waals surface area (Å²) in [7, 11) is 0. The van der Waals surface area contributed by atoms with Gasteiger partial charge in [0.1, 0.15) is 17.6 Å². The van der Waals surface area contributed by atoms with E-state index in [1.54, 1.807) is 42.5 Å². The van der Waals surface area contributed by atoms with E-state index in [2.05, 4.69) is 15.6 Å². The molecule has 4 rings (SSSR count). The van der Waals surface area contributed by atoms with Crippen LogP contribution in [-0.2, 0) is 11.2 Å². The van der Waals surface area contributed by atoms with Gasteiger partial charge in [-0.25, -0.2) is 4.39 Å². The van der Waals surface area contributed by atoms with Crippen LogP contribution in [0.5, 0.6) is 0 Å². The van der Waals surface area contributed by atoms with Gasteiger partial charge in [-0.05, 0) is 42.2 Å². The molecule has 0 aliphatic carbocycles. The second-order valence-electron chi connectivity index (χ2n) is 9.55. The van der Waals surface area contributed by atoms with Gasteiger partial charge in [0.05, 0.1) is 6.04 Å². The third-order valence-electron chi connectivity index (χ3n) is 6.15. The summed E-state index contributed by atoms with van der Waals surface area (Å²) in [5.41, 5.74) is 2.34. The average Bonchev–Trinajstić information content (AvgIpc) is 3.33. The topological polar surface area (TPSA) is 91.1 Å². The van der Waals surface area contributed by atoms with Gasteiger partial charge in [0.25, 0.3) is 5.91 Å². The number of fused-ring (bicyclic) bond motifs is 1. The second-order valence-corrected chi connectivity index (χ2v) is 9.55. The number of carbonyl (C=O) groups excluding carboxylic acids is 3. The Kier molecular flexibility index (Phi) is 8.13. The number of halogens is 1. The van der Waals surface area contributed by atoms with Gasteiger partial charge < -0.3 is 15.6 Å². The second kappa shape index (κ2) is 11.6. The van der Waals surface area contributed by atoms with Gasteiger partial charge in [0, 0.05) is 22.9 Å². The van der Waals surface area contributed by atoms with E-state index in [1.807, 2.05) is 44.2 Å². The van der Waals surface area contributed by atoms with Crippen molar-refractivity contribution in [2.75, 3.05) is 0 Å². The summed E-state index contributed by atoms with van der Waals surface area (Å²) in [5, 5.41) is 6.59. The Morgan fingerprint density at radius 1 is 0.838 bits per heavy atom. The van der Waals surface area contributed by atoms with E-state index in [0.717, 1.165) is 10.9 Å². The number of ketones is 1. The third-order valence-corrected chi connectivity index (χ3v) is 6.15. The van der Waals surface area contributed by atoms with Crippen LogP contribution in [0.15, 0.2) is 84.9 Å². The van der Waals surface area contributed by atoms with Crippen molar-refractivity contribution in [3.05, 3.63) is 108 Å². The normalized spacial score (nSPS) is 12.8. The van der Waals surface area contributed by atoms with Crippen LogP contribution in [0, 0.1) is 11.7 Å². The van der Waals surface area contributed by atoms with Crippen LogP contribution in [0.1, 0.15) is 46.7 Å². The van der Waals surface area contributed by atoms with E-state index >= 15 is 0 Å². The molecule has 0 aliphatic rings. The zero-order valence-corrected chi connectivity index (χ0v) is 20.8. The molecule has 190 valence electrons. The molecule has 0 radical (unpaired) electrons. The number of hydrogen-bond donors (Lipinski definition) is 3.